The monoisotopic (exact) mass is 290 g/mol. The summed E-state index contributed by atoms with van der Waals surface area (Å²) in [5.41, 5.74) is 2.36. The van der Waals surface area contributed by atoms with Gasteiger partial charge in [0.15, 0.2) is 0 Å². The van der Waals surface area contributed by atoms with E-state index in [9.17, 15) is 4.79 Å². The van der Waals surface area contributed by atoms with Crippen molar-refractivity contribution in [3.8, 4) is 0 Å². The first-order valence-corrected chi connectivity index (χ1v) is 7.62. The first-order chi connectivity index (χ1) is 10.1. The van der Waals surface area contributed by atoms with Crippen LogP contribution in [-0.2, 0) is 11.3 Å². The fraction of sp³-hybridized carbons (Fsp3) is 0.625. The maximum Gasteiger partial charge on any atom is 0.236 e. The van der Waals surface area contributed by atoms with Crippen LogP contribution in [0.2, 0.25) is 0 Å². The number of nitrogens with zero attached hydrogens (tertiary/aromatic N) is 3. The number of aromatic nitrogens is 1. The van der Waals surface area contributed by atoms with Crippen molar-refractivity contribution in [1.82, 2.24) is 20.1 Å². The Hall–Kier alpha value is -1.46. The molecule has 2 rings (SSSR count). The molecule has 5 heteroatoms. The Morgan fingerprint density at radius 3 is 2.76 bits per heavy atom. The zero-order valence-electron chi connectivity index (χ0n) is 13.3. The summed E-state index contributed by atoms with van der Waals surface area (Å²) in [6, 6.07) is 4.59. The van der Waals surface area contributed by atoms with Crippen molar-refractivity contribution in [3.63, 3.8) is 0 Å². The first kappa shape index (κ1) is 15.9. The molecule has 1 fully saturated rings. The second-order valence-corrected chi connectivity index (χ2v) is 5.99. The molecule has 1 N–H and O–H groups in total. The second kappa shape index (κ2) is 7.52. The van der Waals surface area contributed by atoms with Gasteiger partial charge in [-0.05, 0) is 31.4 Å². The summed E-state index contributed by atoms with van der Waals surface area (Å²) in [5, 5.41) is 3.59. The van der Waals surface area contributed by atoms with E-state index in [1.54, 1.807) is 4.90 Å². The lowest BCUT2D eigenvalue weighted by Gasteiger charge is -2.32. The summed E-state index contributed by atoms with van der Waals surface area (Å²) in [5.74, 6) is 0.186. The van der Waals surface area contributed by atoms with E-state index in [1.807, 2.05) is 26.4 Å². The van der Waals surface area contributed by atoms with Crippen LogP contribution in [0.4, 0.5) is 0 Å². The lowest BCUT2D eigenvalue weighted by atomic mass is 10.0. The number of hydrogen-bond donors (Lipinski definition) is 1. The highest BCUT2D eigenvalue weighted by atomic mass is 16.2. The third-order valence-electron chi connectivity index (χ3n) is 4.12. The second-order valence-electron chi connectivity index (χ2n) is 5.99. The van der Waals surface area contributed by atoms with Crippen molar-refractivity contribution in [2.45, 2.75) is 32.4 Å². The summed E-state index contributed by atoms with van der Waals surface area (Å²) in [6.07, 6.45) is 4.03. The van der Waals surface area contributed by atoms with Gasteiger partial charge in [-0.2, -0.15) is 0 Å². The Balaban J connectivity index is 1.72. The van der Waals surface area contributed by atoms with Crippen LogP contribution in [0, 0.1) is 6.92 Å². The fourth-order valence-electron chi connectivity index (χ4n) is 2.57. The van der Waals surface area contributed by atoms with Gasteiger partial charge in [0, 0.05) is 46.0 Å². The van der Waals surface area contributed by atoms with Gasteiger partial charge in [-0.1, -0.05) is 6.07 Å². The molecule has 0 atom stereocenters. The highest BCUT2D eigenvalue weighted by molar-refractivity contribution is 5.77. The highest BCUT2D eigenvalue weighted by Gasteiger charge is 2.21. The SMILES string of the molecule is Cc1cccnc1CNC1CCN(CC(=O)N(C)C)CC1. The van der Waals surface area contributed by atoms with Gasteiger partial charge in [-0.3, -0.25) is 14.7 Å². The molecule has 0 bridgehead atoms. The summed E-state index contributed by atoms with van der Waals surface area (Å²) in [7, 11) is 3.62. The molecule has 1 aliphatic rings. The standard InChI is InChI=1S/C16H26N4O/c1-13-5-4-8-17-15(13)11-18-14-6-9-20(10-7-14)12-16(21)19(2)3/h4-5,8,14,18H,6-7,9-12H2,1-3H3. The van der Waals surface area contributed by atoms with Gasteiger partial charge in [0.25, 0.3) is 0 Å². The smallest absolute Gasteiger partial charge is 0.236 e. The largest absolute Gasteiger partial charge is 0.348 e. The van der Waals surface area contributed by atoms with Gasteiger partial charge in [-0.25, -0.2) is 0 Å². The molecule has 1 aliphatic heterocycles. The van der Waals surface area contributed by atoms with Gasteiger partial charge >= 0.3 is 0 Å². The molecule has 5 nitrogen and oxygen atoms in total. The molecule has 0 spiro atoms. The van der Waals surface area contributed by atoms with Crippen LogP contribution in [0.15, 0.2) is 18.3 Å². The van der Waals surface area contributed by atoms with Crippen molar-refractivity contribution < 1.29 is 4.79 Å². The number of rotatable bonds is 5. The first-order valence-electron chi connectivity index (χ1n) is 7.62. The van der Waals surface area contributed by atoms with E-state index in [0.29, 0.717) is 12.6 Å². The Labute approximate surface area is 127 Å². The predicted molar refractivity (Wildman–Crippen MR) is 84.0 cm³/mol. The van der Waals surface area contributed by atoms with E-state index < -0.39 is 0 Å². The summed E-state index contributed by atoms with van der Waals surface area (Å²) < 4.78 is 0. The zero-order valence-corrected chi connectivity index (χ0v) is 13.3. The normalized spacial score (nSPS) is 16.9. The minimum Gasteiger partial charge on any atom is -0.348 e. The molecule has 0 aromatic carbocycles. The number of likely N-dealkylation sites (tertiary alicyclic amines) is 1. The third kappa shape index (κ3) is 4.79. The van der Waals surface area contributed by atoms with Gasteiger partial charge < -0.3 is 10.2 Å². The van der Waals surface area contributed by atoms with Crippen molar-refractivity contribution in [3.05, 3.63) is 29.6 Å². The summed E-state index contributed by atoms with van der Waals surface area (Å²) >= 11 is 0. The fourth-order valence-corrected chi connectivity index (χ4v) is 2.57. The average Bonchev–Trinajstić information content (AvgIpc) is 2.48. The number of hydrogen-bond acceptors (Lipinski definition) is 4. The third-order valence-corrected chi connectivity index (χ3v) is 4.12. The van der Waals surface area contributed by atoms with Crippen LogP contribution < -0.4 is 5.32 Å². The molecule has 0 aliphatic carbocycles. The van der Waals surface area contributed by atoms with Gasteiger partial charge in [0.2, 0.25) is 5.91 Å². The summed E-state index contributed by atoms with van der Waals surface area (Å²) in [4.78, 5) is 20.0. The van der Waals surface area contributed by atoms with E-state index in [2.05, 4.69) is 28.2 Å². The maximum absolute atomic E-state index is 11.7. The van der Waals surface area contributed by atoms with Crippen LogP contribution >= 0.6 is 0 Å². The number of pyridine rings is 1. The molecular weight excluding hydrogens is 264 g/mol. The van der Waals surface area contributed by atoms with E-state index in [-0.39, 0.29) is 5.91 Å². The van der Waals surface area contributed by atoms with E-state index >= 15 is 0 Å². The molecule has 0 saturated carbocycles. The van der Waals surface area contributed by atoms with Crippen LogP contribution in [0.1, 0.15) is 24.1 Å². The Kier molecular flexibility index (Phi) is 5.70. The zero-order chi connectivity index (χ0) is 15.2. The van der Waals surface area contributed by atoms with Gasteiger partial charge in [-0.15, -0.1) is 0 Å². The minimum absolute atomic E-state index is 0.186. The maximum atomic E-state index is 11.7. The van der Waals surface area contributed by atoms with Crippen LogP contribution in [-0.4, -0.2) is 60.5 Å². The van der Waals surface area contributed by atoms with Crippen LogP contribution in [0.5, 0.6) is 0 Å². The summed E-state index contributed by atoms with van der Waals surface area (Å²) in [6.45, 7) is 5.43. The molecule has 1 aromatic rings. The van der Waals surface area contributed by atoms with Gasteiger partial charge in [0.05, 0.1) is 12.2 Å². The lowest BCUT2D eigenvalue weighted by Crippen LogP contribution is -2.45. The number of amides is 1. The van der Waals surface area contributed by atoms with Crippen LogP contribution in [0.25, 0.3) is 0 Å². The molecule has 0 unspecified atom stereocenters. The predicted octanol–water partition coefficient (Wildman–Crippen LogP) is 1.03. The van der Waals surface area contributed by atoms with E-state index in [1.165, 1.54) is 5.56 Å². The number of nitrogens with one attached hydrogen (secondary N) is 1. The Morgan fingerprint density at radius 2 is 2.14 bits per heavy atom. The minimum atomic E-state index is 0.186. The Morgan fingerprint density at radius 1 is 1.43 bits per heavy atom. The Bertz CT molecular complexity index is 467. The molecular formula is C16H26N4O. The number of likely N-dealkylation sites (N-methyl/N-ethyl adjacent to an activating group) is 1. The van der Waals surface area contributed by atoms with Crippen molar-refractivity contribution in [2.75, 3.05) is 33.7 Å². The average molecular weight is 290 g/mol. The molecule has 1 aromatic heterocycles. The van der Waals surface area contributed by atoms with Crippen molar-refractivity contribution in [2.24, 2.45) is 0 Å². The quantitative estimate of drug-likeness (QED) is 0.880. The number of aryl methyl sites for hydroxylation is 1. The van der Waals surface area contributed by atoms with Gasteiger partial charge in [0.1, 0.15) is 0 Å². The molecule has 1 amide bonds. The lowest BCUT2D eigenvalue weighted by molar-refractivity contribution is -0.130. The topological polar surface area (TPSA) is 48.5 Å². The van der Waals surface area contributed by atoms with E-state index in [0.717, 1.165) is 38.2 Å². The molecule has 21 heavy (non-hydrogen) atoms. The molecule has 0 radical (unpaired) electrons. The molecule has 2 heterocycles. The number of carbonyl (C=O) groups excluding carboxylic acids is 1. The molecule has 1 saturated heterocycles. The number of carbonyl (C=O) groups is 1. The van der Waals surface area contributed by atoms with Crippen molar-refractivity contribution in [1.29, 1.82) is 0 Å². The number of piperidine rings is 1. The molecule has 116 valence electrons. The van der Waals surface area contributed by atoms with E-state index in [4.69, 9.17) is 0 Å². The highest BCUT2D eigenvalue weighted by Crippen LogP contribution is 2.11. The van der Waals surface area contributed by atoms with Crippen LogP contribution in [0.3, 0.4) is 0 Å². The van der Waals surface area contributed by atoms with Crippen molar-refractivity contribution >= 4 is 5.91 Å².